The smallest absolute Gasteiger partial charge is 0.410 e. The molecule has 0 atom stereocenters. The Hall–Kier alpha value is -2.18. The summed E-state index contributed by atoms with van der Waals surface area (Å²) in [5.41, 5.74) is 1.87. The SMILES string of the molecule is CC(C)(C)OC(=O)N1CCC(Cc2cc[n+](Cc3ccccc3)cc2)(O[Si](C)(C)C)CC1. The fourth-order valence-electron chi connectivity index (χ4n) is 4.27. The predicted molar refractivity (Wildman–Crippen MR) is 130 cm³/mol. The Morgan fingerprint density at radius 2 is 1.59 bits per heavy atom. The summed E-state index contributed by atoms with van der Waals surface area (Å²) in [6.07, 6.45) is 6.61. The van der Waals surface area contributed by atoms with Crippen molar-refractivity contribution in [2.75, 3.05) is 13.1 Å². The minimum atomic E-state index is -1.76. The van der Waals surface area contributed by atoms with Crippen molar-refractivity contribution in [2.45, 2.75) is 77.4 Å². The number of carbonyl (C=O) groups excluding carboxylic acids is 1. The molecule has 1 saturated heterocycles. The van der Waals surface area contributed by atoms with E-state index in [0.717, 1.165) is 25.8 Å². The molecule has 174 valence electrons. The Kier molecular flexibility index (Phi) is 7.45. The molecule has 1 aliphatic rings. The number of piperidine rings is 1. The molecule has 0 N–H and O–H groups in total. The number of benzene rings is 1. The molecule has 1 fully saturated rings. The van der Waals surface area contributed by atoms with E-state index < -0.39 is 13.9 Å². The second kappa shape index (κ2) is 9.75. The maximum absolute atomic E-state index is 12.5. The summed E-state index contributed by atoms with van der Waals surface area (Å²) in [6, 6.07) is 14.9. The Bertz CT molecular complexity index is 878. The van der Waals surface area contributed by atoms with Crippen LogP contribution in [0, 0.1) is 0 Å². The van der Waals surface area contributed by atoms with E-state index in [-0.39, 0.29) is 11.7 Å². The molecule has 6 heteroatoms. The summed E-state index contributed by atoms with van der Waals surface area (Å²) in [6.45, 7) is 14.7. The van der Waals surface area contributed by atoms with Crippen LogP contribution in [0.4, 0.5) is 4.79 Å². The van der Waals surface area contributed by atoms with E-state index >= 15 is 0 Å². The molecular weight excluding hydrogens is 416 g/mol. The second-order valence-electron chi connectivity index (χ2n) is 10.9. The zero-order valence-electron chi connectivity index (χ0n) is 20.6. The number of hydrogen-bond donors (Lipinski definition) is 0. The van der Waals surface area contributed by atoms with Crippen LogP contribution in [-0.4, -0.2) is 43.6 Å². The average molecular weight is 456 g/mol. The van der Waals surface area contributed by atoms with Crippen molar-refractivity contribution in [3.63, 3.8) is 0 Å². The first-order chi connectivity index (χ1) is 14.9. The number of nitrogens with zero attached hydrogens (tertiary/aromatic N) is 2. The molecule has 0 saturated carbocycles. The molecule has 0 unspecified atom stereocenters. The number of aromatic nitrogens is 1. The van der Waals surface area contributed by atoms with Crippen LogP contribution < -0.4 is 4.57 Å². The maximum atomic E-state index is 12.5. The number of carbonyl (C=O) groups is 1. The van der Waals surface area contributed by atoms with Crippen LogP contribution >= 0.6 is 0 Å². The monoisotopic (exact) mass is 455 g/mol. The lowest BCUT2D eigenvalue weighted by Crippen LogP contribution is -2.53. The molecule has 1 aromatic heterocycles. The van der Waals surface area contributed by atoms with E-state index in [1.54, 1.807) is 0 Å². The molecule has 1 amide bonds. The highest BCUT2D eigenvalue weighted by atomic mass is 28.4. The summed E-state index contributed by atoms with van der Waals surface area (Å²) >= 11 is 0. The van der Waals surface area contributed by atoms with Gasteiger partial charge in [0.2, 0.25) is 0 Å². The summed E-state index contributed by atoms with van der Waals surface area (Å²) in [7, 11) is -1.76. The number of ether oxygens (including phenoxy) is 1. The van der Waals surface area contributed by atoms with Gasteiger partial charge in [-0.1, -0.05) is 30.3 Å². The van der Waals surface area contributed by atoms with Gasteiger partial charge in [-0.25, -0.2) is 9.36 Å². The van der Waals surface area contributed by atoms with Crippen LogP contribution in [0.25, 0.3) is 0 Å². The van der Waals surface area contributed by atoms with Crippen molar-refractivity contribution >= 4 is 14.4 Å². The van der Waals surface area contributed by atoms with E-state index in [0.29, 0.717) is 13.1 Å². The Morgan fingerprint density at radius 1 is 1.00 bits per heavy atom. The Morgan fingerprint density at radius 3 is 2.12 bits per heavy atom. The van der Waals surface area contributed by atoms with E-state index in [1.165, 1.54) is 11.1 Å². The van der Waals surface area contributed by atoms with Gasteiger partial charge in [0.05, 0.1) is 5.60 Å². The highest BCUT2D eigenvalue weighted by Gasteiger charge is 2.41. The van der Waals surface area contributed by atoms with Crippen LogP contribution in [0.5, 0.6) is 0 Å². The van der Waals surface area contributed by atoms with Gasteiger partial charge in [-0.2, -0.15) is 0 Å². The fraction of sp³-hybridized carbons (Fsp3) is 0.538. The van der Waals surface area contributed by atoms with Crippen LogP contribution in [0.3, 0.4) is 0 Å². The summed E-state index contributed by atoms with van der Waals surface area (Å²) in [5.74, 6) is 0. The predicted octanol–water partition coefficient (Wildman–Crippen LogP) is 5.19. The molecule has 0 aliphatic carbocycles. The van der Waals surface area contributed by atoms with Gasteiger partial charge in [0.15, 0.2) is 27.3 Å². The van der Waals surface area contributed by atoms with Gasteiger partial charge >= 0.3 is 6.09 Å². The van der Waals surface area contributed by atoms with Crippen LogP contribution in [0.15, 0.2) is 54.9 Å². The lowest BCUT2D eigenvalue weighted by molar-refractivity contribution is -0.688. The quantitative estimate of drug-likeness (QED) is 0.445. The number of pyridine rings is 1. The van der Waals surface area contributed by atoms with Gasteiger partial charge in [0.25, 0.3) is 0 Å². The molecule has 1 aromatic carbocycles. The van der Waals surface area contributed by atoms with E-state index in [1.807, 2.05) is 31.7 Å². The van der Waals surface area contributed by atoms with E-state index in [2.05, 4.69) is 73.0 Å². The van der Waals surface area contributed by atoms with Crippen molar-refractivity contribution in [1.82, 2.24) is 4.90 Å². The van der Waals surface area contributed by atoms with Gasteiger partial charge in [0.1, 0.15) is 5.60 Å². The zero-order chi connectivity index (χ0) is 23.4. The largest absolute Gasteiger partial charge is 0.444 e. The first-order valence-corrected chi connectivity index (χ1v) is 15.0. The standard InChI is InChI=1S/C26H39N2O3Si/c1-25(2,3)30-24(29)28-18-14-26(15-19-28,31-32(4,5)6)20-22-12-16-27(17-13-22)21-23-10-8-7-9-11-23/h7-13,16-17H,14-15,18-21H2,1-6H3/q+1. The Labute approximate surface area is 194 Å². The third kappa shape index (κ3) is 7.45. The lowest BCUT2D eigenvalue weighted by atomic mass is 9.85. The van der Waals surface area contributed by atoms with Crippen LogP contribution in [-0.2, 0) is 22.1 Å². The highest BCUT2D eigenvalue weighted by molar-refractivity contribution is 6.69. The first kappa shape index (κ1) is 24.5. The lowest BCUT2D eigenvalue weighted by Gasteiger charge is -2.45. The molecule has 0 bridgehead atoms. The van der Waals surface area contributed by atoms with Gasteiger partial charge in [-0.15, -0.1) is 0 Å². The third-order valence-electron chi connectivity index (χ3n) is 5.54. The van der Waals surface area contributed by atoms with Crippen molar-refractivity contribution in [1.29, 1.82) is 0 Å². The Balaban J connectivity index is 1.68. The highest BCUT2D eigenvalue weighted by Crippen LogP contribution is 2.33. The van der Waals surface area contributed by atoms with E-state index in [9.17, 15) is 4.79 Å². The van der Waals surface area contributed by atoms with Crippen molar-refractivity contribution in [3.8, 4) is 0 Å². The molecule has 1 aliphatic heterocycles. The zero-order valence-corrected chi connectivity index (χ0v) is 21.6. The number of amides is 1. The van der Waals surface area contributed by atoms with Crippen molar-refractivity contribution in [2.24, 2.45) is 0 Å². The fourth-order valence-corrected chi connectivity index (χ4v) is 5.84. The molecule has 2 aromatic rings. The van der Waals surface area contributed by atoms with E-state index in [4.69, 9.17) is 9.16 Å². The van der Waals surface area contributed by atoms with Gasteiger partial charge in [-0.05, 0) is 58.8 Å². The topological polar surface area (TPSA) is 42.7 Å². The third-order valence-corrected chi connectivity index (χ3v) is 6.59. The molecule has 0 spiro atoms. The van der Waals surface area contributed by atoms with Crippen LogP contribution in [0.2, 0.25) is 19.6 Å². The van der Waals surface area contributed by atoms with Gasteiger partial charge in [0, 0.05) is 37.2 Å². The van der Waals surface area contributed by atoms with Crippen LogP contribution in [0.1, 0.15) is 44.7 Å². The van der Waals surface area contributed by atoms with Gasteiger partial charge < -0.3 is 14.1 Å². The molecule has 0 radical (unpaired) electrons. The molecule has 3 rings (SSSR count). The molecular formula is C26H39N2O3Si+. The number of likely N-dealkylation sites (tertiary alicyclic amines) is 1. The molecule has 5 nitrogen and oxygen atoms in total. The first-order valence-electron chi connectivity index (χ1n) is 11.6. The van der Waals surface area contributed by atoms with Crippen molar-refractivity contribution < 1.29 is 18.5 Å². The normalized spacial score (nSPS) is 16.6. The minimum absolute atomic E-state index is 0.222. The summed E-state index contributed by atoms with van der Waals surface area (Å²) < 4.78 is 14.6. The molecule has 32 heavy (non-hydrogen) atoms. The minimum Gasteiger partial charge on any atom is -0.444 e. The second-order valence-corrected chi connectivity index (χ2v) is 15.3. The summed E-state index contributed by atoms with van der Waals surface area (Å²) in [5, 5.41) is 0. The summed E-state index contributed by atoms with van der Waals surface area (Å²) in [4.78, 5) is 14.4. The average Bonchev–Trinajstić information content (AvgIpc) is 2.68. The maximum Gasteiger partial charge on any atom is 0.410 e. The van der Waals surface area contributed by atoms with Crippen molar-refractivity contribution in [3.05, 3.63) is 66.0 Å². The van der Waals surface area contributed by atoms with Gasteiger partial charge in [-0.3, -0.25) is 0 Å². The number of hydrogen-bond acceptors (Lipinski definition) is 3. The number of rotatable bonds is 6. The molecule has 2 heterocycles.